The van der Waals surface area contributed by atoms with Crippen molar-refractivity contribution in [3.05, 3.63) is 59.6 Å². The molecule has 0 radical (unpaired) electrons. The molecule has 1 aromatic carbocycles. The average molecular weight is 287 g/mol. The molecule has 0 spiro atoms. The molecule has 0 N–H and O–H groups in total. The van der Waals surface area contributed by atoms with Gasteiger partial charge in [-0.25, -0.2) is 14.6 Å². The molecule has 0 aliphatic carbocycles. The third kappa shape index (κ3) is 2.48. The van der Waals surface area contributed by atoms with E-state index in [-0.39, 0.29) is 11.0 Å². The van der Waals surface area contributed by atoms with E-state index in [0.717, 1.165) is 11.4 Å². The van der Waals surface area contributed by atoms with Gasteiger partial charge in [0.25, 0.3) is 5.88 Å². The first kappa shape index (κ1) is 12.6. The van der Waals surface area contributed by atoms with Crippen LogP contribution in [0.25, 0.3) is 5.69 Å². The van der Waals surface area contributed by atoms with Gasteiger partial charge in [0.1, 0.15) is 0 Å². The highest BCUT2D eigenvalue weighted by molar-refractivity contribution is 6.30. The number of rotatable bonds is 3. The van der Waals surface area contributed by atoms with Crippen molar-refractivity contribution in [3.8, 4) is 17.4 Å². The summed E-state index contributed by atoms with van der Waals surface area (Å²) in [5.74, 6) is 0.794. The Morgan fingerprint density at radius 1 is 1.10 bits per heavy atom. The zero-order chi connectivity index (χ0) is 13.9. The Kier molecular flexibility index (Phi) is 3.35. The van der Waals surface area contributed by atoms with Crippen molar-refractivity contribution >= 4 is 11.6 Å². The molecule has 0 saturated carbocycles. The molecule has 5 nitrogen and oxygen atoms in total. The van der Waals surface area contributed by atoms with Gasteiger partial charge in [-0.1, -0.05) is 29.8 Å². The summed E-state index contributed by atoms with van der Waals surface area (Å²) in [6.07, 6.45) is 3.03. The number of benzene rings is 1. The van der Waals surface area contributed by atoms with Gasteiger partial charge in [-0.05, 0) is 19.1 Å². The number of ether oxygens (including phenoxy) is 1. The van der Waals surface area contributed by atoms with Crippen LogP contribution in [0.4, 0.5) is 0 Å². The third-order valence-electron chi connectivity index (χ3n) is 2.62. The summed E-state index contributed by atoms with van der Waals surface area (Å²) >= 11 is 5.95. The predicted octanol–water partition coefficient (Wildman–Crippen LogP) is 3.42. The lowest BCUT2D eigenvalue weighted by atomic mass is 10.3. The molecule has 0 atom stereocenters. The quantitative estimate of drug-likeness (QED) is 0.740. The first-order valence-corrected chi connectivity index (χ1v) is 6.38. The summed E-state index contributed by atoms with van der Waals surface area (Å²) in [5, 5.41) is 4.62. The summed E-state index contributed by atoms with van der Waals surface area (Å²) in [7, 11) is 0. The first-order valence-electron chi connectivity index (χ1n) is 6.00. The molecule has 0 bridgehead atoms. The van der Waals surface area contributed by atoms with Crippen LogP contribution in [0.2, 0.25) is 5.15 Å². The molecule has 0 amide bonds. The smallest absolute Gasteiger partial charge is 0.259 e. The fourth-order valence-electron chi connectivity index (χ4n) is 1.78. The second-order valence-corrected chi connectivity index (χ2v) is 4.48. The van der Waals surface area contributed by atoms with E-state index in [2.05, 4.69) is 15.1 Å². The maximum absolute atomic E-state index is 5.95. The van der Waals surface area contributed by atoms with E-state index in [1.807, 2.05) is 43.3 Å². The molecule has 3 aromatic rings. The number of hydrogen-bond acceptors (Lipinski definition) is 4. The van der Waals surface area contributed by atoms with Crippen LogP contribution in [-0.4, -0.2) is 19.7 Å². The van der Waals surface area contributed by atoms with Crippen molar-refractivity contribution in [2.75, 3.05) is 0 Å². The third-order valence-corrected chi connectivity index (χ3v) is 2.88. The van der Waals surface area contributed by atoms with Crippen LogP contribution >= 0.6 is 11.6 Å². The molecule has 3 rings (SSSR count). The van der Waals surface area contributed by atoms with Crippen molar-refractivity contribution in [1.29, 1.82) is 0 Å². The SMILES string of the molecule is Cc1cc(Oc2nccnc2Cl)n(-c2ccccc2)n1. The van der Waals surface area contributed by atoms with Crippen molar-refractivity contribution in [2.24, 2.45) is 0 Å². The second-order valence-electron chi connectivity index (χ2n) is 4.13. The summed E-state index contributed by atoms with van der Waals surface area (Å²) < 4.78 is 7.41. The van der Waals surface area contributed by atoms with E-state index in [9.17, 15) is 0 Å². The molecule has 100 valence electrons. The normalized spacial score (nSPS) is 10.5. The Morgan fingerprint density at radius 2 is 1.85 bits per heavy atom. The van der Waals surface area contributed by atoms with Crippen LogP contribution in [0.3, 0.4) is 0 Å². The molecule has 0 fully saturated rings. The molecule has 0 saturated heterocycles. The number of hydrogen-bond donors (Lipinski definition) is 0. The number of halogens is 1. The van der Waals surface area contributed by atoms with Crippen LogP contribution < -0.4 is 4.74 Å². The highest BCUT2D eigenvalue weighted by atomic mass is 35.5. The van der Waals surface area contributed by atoms with Gasteiger partial charge in [-0.3, -0.25) is 0 Å². The van der Waals surface area contributed by atoms with Crippen molar-refractivity contribution in [2.45, 2.75) is 6.92 Å². The summed E-state index contributed by atoms with van der Waals surface area (Å²) in [6.45, 7) is 1.89. The fourth-order valence-corrected chi connectivity index (χ4v) is 1.92. The van der Waals surface area contributed by atoms with E-state index in [4.69, 9.17) is 16.3 Å². The van der Waals surface area contributed by atoms with Gasteiger partial charge < -0.3 is 4.74 Å². The number of nitrogens with zero attached hydrogens (tertiary/aromatic N) is 4. The van der Waals surface area contributed by atoms with E-state index in [1.165, 1.54) is 12.4 Å². The molecule has 6 heteroatoms. The number of aryl methyl sites for hydroxylation is 1. The topological polar surface area (TPSA) is 52.8 Å². The van der Waals surface area contributed by atoms with Crippen molar-refractivity contribution in [1.82, 2.24) is 19.7 Å². The lowest BCUT2D eigenvalue weighted by Crippen LogP contribution is -2.00. The summed E-state index contributed by atoms with van der Waals surface area (Å²) in [5.41, 5.74) is 1.74. The second kappa shape index (κ2) is 5.30. The average Bonchev–Trinajstić information content (AvgIpc) is 2.83. The first-order chi connectivity index (χ1) is 9.74. The predicted molar refractivity (Wildman–Crippen MR) is 75.4 cm³/mol. The molecule has 2 aromatic heterocycles. The van der Waals surface area contributed by atoms with Crippen molar-refractivity contribution < 1.29 is 4.74 Å². The van der Waals surface area contributed by atoms with Gasteiger partial charge in [0, 0.05) is 18.5 Å². The zero-order valence-corrected chi connectivity index (χ0v) is 11.4. The van der Waals surface area contributed by atoms with Crippen LogP contribution in [0.5, 0.6) is 11.8 Å². The van der Waals surface area contributed by atoms with Gasteiger partial charge >= 0.3 is 0 Å². The van der Waals surface area contributed by atoms with E-state index >= 15 is 0 Å². The summed E-state index contributed by atoms with van der Waals surface area (Å²) in [4.78, 5) is 7.99. The minimum absolute atomic E-state index is 0.214. The molecule has 2 heterocycles. The highest BCUT2D eigenvalue weighted by Gasteiger charge is 2.12. The molecule has 20 heavy (non-hydrogen) atoms. The molecule has 0 unspecified atom stereocenters. The van der Waals surface area contributed by atoms with Gasteiger partial charge in [0.15, 0.2) is 5.15 Å². The maximum atomic E-state index is 5.95. The van der Waals surface area contributed by atoms with E-state index in [0.29, 0.717) is 5.88 Å². The number of aromatic nitrogens is 4. The standard InChI is InChI=1S/C14H11ClN4O/c1-10-9-12(20-14-13(15)16-7-8-17-14)19(18-10)11-5-3-2-4-6-11/h2-9H,1H3. The molecular formula is C14H11ClN4O. The summed E-state index contributed by atoms with van der Waals surface area (Å²) in [6, 6.07) is 11.5. The Morgan fingerprint density at radius 3 is 2.60 bits per heavy atom. The van der Waals surface area contributed by atoms with Gasteiger partial charge in [-0.2, -0.15) is 5.10 Å². The lowest BCUT2D eigenvalue weighted by Gasteiger charge is -2.08. The van der Waals surface area contributed by atoms with E-state index in [1.54, 1.807) is 4.68 Å². The lowest BCUT2D eigenvalue weighted by molar-refractivity contribution is 0.426. The molecule has 0 aliphatic rings. The minimum atomic E-state index is 0.214. The van der Waals surface area contributed by atoms with Crippen molar-refractivity contribution in [3.63, 3.8) is 0 Å². The fraction of sp³-hybridized carbons (Fsp3) is 0.0714. The zero-order valence-electron chi connectivity index (χ0n) is 10.7. The minimum Gasteiger partial charge on any atom is -0.417 e. The van der Waals surface area contributed by atoms with Gasteiger partial charge in [0.05, 0.1) is 11.4 Å². The Labute approximate surface area is 120 Å². The Hall–Kier alpha value is -2.40. The van der Waals surface area contributed by atoms with Gasteiger partial charge in [-0.15, -0.1) is 0 Å². The van der Waals surface area contributed by atoms with Gasteiger partial charge in [0.2, 0.25) is 5.88 Å². The monoisotopic (exact) mass is 286 g/mol. The van der Waals surface area contributed by atoms with Crippen LogP contribution in [0.1, 0.15) is 5.69 Å². The Balaban J connectivity index is 2.01. The molecule has 0 aliphatic heterocycles. The van der Waals surface area contributed by atoms with Crippen LogP contribution in [0, 0.1) is 6.92 Å². The highest BCUT2D eigenvalue weighted by Crippen LogP contribution is 2.27. The Bertz CT molecular complexity index is 727. The van der Waals surface area contributed by atoms with Crippen LogP contribution in [-0.2, 0) is 0 Å². The number of para-hydroxylation sites is 1. The largest absolute Gasteiger partial charge is 0.417 e. The van der Waals surface area contributed by atoms with Crippen LogP contribution in [0.15, 0.2) is 48.8 Å². The maximum Gasteiger partial charge on any atom is 0.259 e. The molecular weight excluding hydrogens is 276 g/mol. The van der Waals surface area contributed by atoms with E-state index < -0.39 is 0 Å².